The molecule has 2 rings (SSSR count). The number of aryl methyl sites for hydroxylation is 2. The van der Waals surface area contributed by atoms with Crippen LogP contribution in [-0.2, 0) is 6.54 Å². The maximum atomic E-state index is 3.72. The van der Waals surface area contributed by atoms with Gasteiger partial charge in [0.1, 0.15) is 0 Å². The van der Waals surface area contributed by atoms with Crippen LogP contribution in [0.5, 0.6) is 0 Å². The molecule has 102 valence electrons. The molecule has 1 nitrogen and oxygen atoms in total. The SMILES string of the molecule is Cc1ccc(C)c(CNC(c2cccs2)C(C)C)c1. The van der Waals surface area contributed by atoms with Gasteiger partial charge in [-0.2, -0.15) is 0 Å². The molecule has 2 aromatic rings. The van der Waals surface area contributed by atoms with Gasteiger partial charge in [-0.05, 0) is 42.3 Å². The quantitative estimate of drug-likeness (QED) is 0.821. The fraction of sp³-hybridized carbons (Fsp3) is 0.412. The lowest BCUT2D eigenvalue weighted by Gasteiger charge is -2.22. The van der Waals surface area contributed by atoms with Crippen molar-refractivity contribution in [3.8, 4) is 0 Å². The first-order valence-corrected chi connectivity index (χ1v) is 7.79. The molecule has 19 heavy (non-hydrogen) atoms. The first kappa shape index (κ1) is 14.3. The van der Waals surface area contributed by atoms with Gasteiger partial charge in [-0.3, -0.25) is 0 Å². The van der Waals surface area contributed by atoms with E-state index >= 15 is 0 Å². The first-order valence-electron chi connectivity index (χ1n) is 6.91. The molecule has 0 amide bonds. The van der Waals surface area contributed by atoms with Crippen LogP contribution in [0.25, 0.3) is 0 Å². The second kappa shape index (κ2) is 6.36. The van der Waals surface area contributed by atoms with E-state index in [2.05, 4.69) is 68.7 Å². The molecule has 1 atom stereocenters. The van der Waals surface area contributed by atoms with Crippen molar-refractivity contribution in [2.75, 3.05) is 0 Å². The summed E-state index contributed by atoms with van der Waals surface area (Å²) in [5, 5.41) is 5.87. The minimum atomic E-state index is 0.444. The summed E-state index contributed by atoms with van der Waals surface area (Å²) in [5.74, 6) is 0.601. The van der Waals surface area contributed by atoms with Gasteiger partial charge in [0.2, 0.25) is 0 Å². The maximum Gasteiger partial charge on any atom is 0.0440 e. The fourth-order valence-corrected chi connectivity index (χ4v) is 3.32. The van der Waals surface area contributed by atoms with Crippen molar-refractivity contribution in [1.82, 2.24) is 5.32 Å². The van der Waals surface area contributed by atoms with Gasteiger partial charge < -0.3 is 5.32 Å². The molecule has 0 saturated carbocycles. The van der Waals surface area contributed by atoms with Crippen molar-refractivity contribution in [1.29, 1.82) is 0 Å². The zero-order valence-corrected chi connectivity index (χ0v) is 13.1. The first-order chi connectivity index (χ1) is 9.08. The average Bonchev–Trinajstić information content (AvgIpc) is 2.87. The van der Waals surface area contributed by atoms with E-state index in [4.69, 9.17) is 0 Å². The molecule has 0 aliphatic rings. The Bertz CT molecular complexity index is 514. The molecule has 1 aromatic carbocycles. The van der Waals surface area contributed by atoms with E-state index in [0.717, 1.165) is 6.54 Å². The summed E-state index contributed by atoms with van der Waals surface area (Å²) >= 11 is 1.84. The minimum Gasteiger partial charge on any atom is -0.305 e. The Kier molecular flexibility index (Phi) is 4.78. The summed E-state index contributed by atoms with van der Waals surface area (Å²) in [6, 6.07) is 11.5. The van der Waals surface area contributed by atoms with E-state index in [0.29, 0.717) is 12.0 Å². The van der Waals surface area contributed by atoms with Crippen LogP contribution in [0.4, 0.5) is 0 Å². The third kappa shape index (κ3) is 3.68. The van der Waals surface area contributed by atoms with Crippen LogP contribution in [0.15, 0.2) is 35.7 Å². The number of hydrogen-bond acceptors (Lipinski definition) is 2. The summed E-state index contributed by atoms with van der Waals surface area (Å²) in [5.41, 5.74) is 4.11. The van der Waals surface area contributed by atoms with E-state index in [1.807, 2.05) is 11.3 Å². The van der Waals surface area contributed by atoms with Crippen molar-refractivity contribution in [2.24, 2.45) is 5.92 Å². The van der Waals surface area contributed by atoms with Crippen LogP contribution in [0.2, 0.25) is 0 Å². The van der Waals surface area contributed by atoms with E-state index in [1.165, 1.54) is 21.6 Å². The Balaban J connectivity index is 2.09. The Morgan fingerprint density at radius 2 is 1.95 bits per heavy atom. The molecule has 1 aromatic heterocycles. The fourth-order valence-electron chi connectivity index (χ4n) is 2.34. The molecule has 0 radical (unpaired) electrons. The number of benzene rings is 1. The highest BCUT2D eigenvalue weighted by Crippen LogP contribution is 2.26. The third-order valence-electron chi connectivity index (χ3n) is 3.53. The molecule has 0 aliphatic carbocycles. The molecule has 0 aliphatic heterocycles. The zero-order chi connectivity index (χ0) is 13.8. The van der Waals surface area contributed by atoms with Crippen LogP contribution in [-0.4, -0.2) is 0 Å². The summed E-state index contributed by atoms with van der Waals surface area (Å²) in [6.07, 6.45) is 0. The van der Waals surface area contributed by atoms with Crippen LogP contribution in [0.3, 0.4) is 0 Å². The van der Waals surface area contributed by atoms with Crippen LogP contribution in [0.1, 0.15) is 41.5 Å². The van der Waals surface area contributed by atoms with Crippen molar-refractivity contribution in [3.63, 3.8) is 0 Å². The number of nitrogens with one attached hydrogen (secondary N) is 1. The van der Waals surface area contributed by atoms with Crippen molar-refractivity contribution in [3.05, 3.63) is 57.3 Å². The maximum absolute atomic E-state index is 3.72. The molecule has 1 heterocycles. The van der Waals surface area contributed by atoms with Crippen LogP contribution in [0, 0.1) is 19.8 Å². The van der Waals surface area contributed by atoms with E-state index in [1.54, 1.807) is 0 Å². The topological polar surface area (TPSA) is 12.0 Å². The summed E-state index contributed by atoms with van der Waals surface area (Å²) in [4.78, 5) is 1.43. The van der Waals surface area contributed by atoms with Crippen LogP contribution < -0.4 is 5.32 Å². The van der Waals surface area contributed by atoms with Gasteiger partial charge in [0.05, 0.1) is 0 Å². The smallest absolute Gasteiger partial charge is 0.0440 e. The number of rotatable bonds is 5. The highest BCUT2D eigenvalue weighted by atomic mass is 32.1. The molecule has 1 N–H and O–H groups in total. The predicted molar refractivity (Wildman–Crippen MR) is 84.7 cm³/mol. The average molecular weight is 273 g/mol. The van der Waals surface area contributed by atoms with Gasteiger partial charge in [-0.25, -0.2) is 0 Å². The third-order valence-corrected chi connectivity index (χ3v) is 4.49. The molecule has 0 bridgehead atoms. The van der Waals surface area contributed by atoms with Gasteiger partial charge >= 0.3 is 0 Å². The number of hydrogen-bond donors (Lipinski definition) is 1. The standard InChI is InChI=1S/C17H23NS/c1-12(2)17(16-6-5-9-19-16)18-11-15-10-13(3)7-8-14(15)4/h5-10,12,17-18H,11H2,1-4H3. The zero-order valence-electron chi connectivity index (χ0n) is 12.2. The van der Waals surface area contributed by atoms with Crippen molar-refractivity contribution in [2.45, 2.75) is 40.3 Å². The highest BCUT2D eigenvalue weighted by Gasteiger charge is 2.16. The van der Waals surface area contributed by atoms with Gasteiger partial charge in [0, 0.05) is 17.5 Å². The Labute approximate surface area is 120 Å². The second-order valence-electron chi connectivity index (χ2n) is 5.55. The Morgan fingerprint density at radius 3 is 2.58 bits per heavy atom. The normalized spacial score (nSPS) is 12.9. The summed E-state index contributed by atoms with van der Waals surface area (Å²) in [7, 11) is 0. The Morgan fingerprint density at radius 1 is 1.16 bits per heavy atom. The second-order valence-corrected chi connectivity index (χ2v) is 6.53. The molecular weight excluding hydrogens is 250 g/mol. The van der Waals surface area contributed by atoms with E-state index in [-0.39, 0.29) is 0 Å². The molecule has 0 spiro atoms. The molecule has 2 heteroatoms. The van der Waals surface area contributed by atoms with Gasteiger partial charge in [-0.15, -0.1) is 11.3 Å². The predicted octanol–water partition coefficient (Wildman–Crippen LogP) is 4.85. The van der Waals surface area contributed by atoms with Gasteiger partial charge in [0.15, 0.2) is 0 Å². The lowest BCUT2D eigenvalue weighted by molar-refractivity contribution is 0.416. The highest BCUT2D eigenvalue weighted by molar-refractivity contribution is 7.10. The summed E-state index contributed by atoms with van der Waals surface area (Å²) < 4.78 is 0. The summed E-state index contributed by atoms with van der Waals surface area (Å²) in [6.45, 7) is 9.84. The minimum absolute atomic E-state index is 0.444. The van der Waals surface area contributed by atoms with Crippen LogP contribution >= 0.6 is 11.3 Å². The van der Waals surface area contributed by atoms with Crippen molar-refractivity contribution >= 4 is 11.3 Å². The largest absolute Gasteiger partial charge is 0.305 e. The van der Waals surface area contributed by atoms with Crippen molar-refractivity contribution < 1.29 is 0 Å². The molecule has 0 saturated heterocycles. The molecular formula is C17H23NS. The van der Waals surface area contributed by atoms with Gasteiger partial charge in [0.25, 0.3) is 0 Å². The molecule has 1 unspecified atom stereocenters. The lowest BCUT2D eigenvalue weighted by Crippen LogP contribution is -2.24. The monoisotopic (exact) mass is 273 g/mol. The van der Waals surface area contributed by atoms with Gasteiger partial charge in [-0.1, -0.05) is 43.7 Å². The lowest BCUT2D eigenvalue weighted by atomic mass is 10.0. The Hall–Kier alpha value is -1.12. The molecule has 0 fully saturated rings. The van der Waals surface area contributed by atoms with E-state index in [9.17, 15) is 0 Å². The van der Waals surface area contributed by atoms with E-state index < -0.39 is 0 Å². The number of thiophene rings is 1.